The van der Waals surface area contributed by atoms with Gasteiger partial charge in [0, 0.05) is 36.7 Å². The molecule has 0 aliphatic carbocycles. The van der Waals surface area contributed by atoms with Gasteiger partial charge in [-0.25, -0.2) is 8.42 Å². The van der Waals surface area contributed by atoms with Crippen LogP contribution in [-0.4, -0.2) is 51.7 Å². The third kappa shape index (κ3) is 3.80. The molecule has 6 nitrogen and oxygen atoms in total. The van der Waals surface area contributed by atoms with Crippen molar-refractivity contribution < 1.29 is 17.9 Å². The Morgan fingerprint density at radius 1 is 1.39 bits per heavy atom. The van der Waals surface area contributed by atoms with E-state index in [1.807, 2.05) is 0 Å². The lowest BCUT2D eigenvalue weighted by molar-refractivity contribution is 0.166. The molecular formula is C15H21ClN2O4S. The Morgan fingerprint density at radius 3 is 2.87 bits per heavy atom. The molecule has 1 aromatic carbocycles. The standard InChI is InChI=1S/C15H21ClN2O4S/c16-12-1-2-14(22-10-11-4-6-21-9-11)15(7-12)23(19,20)18-5-3-13(17)8-18/h1-2,7,11,13H,3-6,8-10,17H2/t11?,13-/m1/s1. The van der Waals surface area contributed by atoms with Crippen LogP contribution >= 0.6 is 11.6 Å². The van der Waals surface area contributed by atoms with Crippen molar-refractivity contribution in [2.45, 2.75) is 23.8 Å². The second kappa shape index (κ2) is 6.94. The van der Waals surface area contributed by atoms with Gasteiger partial charge in [-0.3, -0.25) is 0 Å². The van der Waals surface area contributed by atoms with Crippen LogP contribution in [0, 0.1) is 5.92 Å². The summed E-state index contributed by atoms with van der Waals surface area (Å²) in [5.74, 6) is 0.628. The Hall–Kier alpha value is -0.860. The highest BCUT2D eigenvalue weighted by molar-refractivity contribution is 7.89. The molecule has 23 heavy (non-hydrogen) atoms. The first-order valence-corrected chi connectivity index (χ1v) is 9.54. The molecule has 0 aromatic heterocycles. The zero-order valence-corrected chi connectivity index (χ0v) is 14.4. The molecule has 2 saturated heterocycles. The van der Waals surface area contributed by atoms with Gasteiger partial charge in [-0.1, -0.05) is 11.6 Å². The fourth-order valence-electron chi connectivity index (χ4n) is 2.84. The molecule has 1 aromatic rings. The van der Waals surface area contributed by atoms with E-state index in [1.54, 1.807) is 12.1 Å². The van der Waals surface area contributed by atoms with E-state index in [9.17, 15) is 8.42 Å². The summed E-state index contributed by atoms with van der Waals surface area (Å²) >= 11 is 6.00. The summed E-state index contributed by atoms with van der Waals surface area (Å²) in [4.78, 5) is 0.109. The molecule has 0 radical (unpaired) electrons. The van der Waals surface area contributed by atoms with Crippen molar-refractivity contribution in [1.82, 2.24) is 4.31 Å². The summed E-state index contributed by atoms with van der Waals surface area (Å²) < 4.78 is 38.2. The van der Waals surface area contributed by atoms with Gasteiger partial charge < -0.3 is 15.2 Å². The van der Waals surface area contributed by atoms with Crippen molar-refractivity contribution in [2.24, 2.45) is 11.7 Å². The summed E-state index contributed by atoms with van der Waals surface area (Å²) in [6.07, 6.45) is 1.59. The molecule has 2 heterocycles. The minimum atomic E-state index is -3.66. The van der Waals surface area contributed by atoms with Crippen LogP contribution in [0.1, 0.15) is 12.8 Å². The third-order valence-corrected chi connectivity index (χ3v) is 6.33. The Morgan fingerprint density at radius 2 is 2.22 bits per heavy atom. The van der Waals surface area contributed by atoms with E-state index in [2.05, 4.69) is 0 Å². The second-order valence-electron chi connectivity index (χ2n) is 6.04. The Kier molecular flexibility index (Phi) is 5.13. The quantitative estimate of drug-likeness (QED) is 0.860. The van der Waals surface area contributed by atoms with Crippen LogP contribution in [0.25, 0.3) is 0 Å². The molecule has 2 N–H and O–H groups in total. The lowest BCUT2D eigenvalue weighted by atomic mass is 10.1. The predicted octanol–water partition coefficient (Wildman–Crippen LogP) is 1.48. The van der Waals surface area contributed by atoms with Gasteiger partial charge in [-0.15, -0.1) is 0 Å². The molecule has 0 amide bonds. The largest absolute Gasteiger partial charge is 0.492 e. The van der Waals surface area contributed by atoms with Crippen molar-refractivity contribution in [1.29, 1.82) is 0 Å². The molecule has 2 aliphatic rings. The number of rotatable bonds is 5. The molecule has 1 unspecified atom stereocenters. The lowest BCUT2D eigenvalue weighted by Crippen LogP contribution is -2.32. The number of nitrogens with two attached hydrogens (primary N) is 1. The van der Waals surface area contributed by atoms with Crippen LogP contribution < -0.4 is 10.5 Å². The maximum atomic E-state index is 12.9. The molecule has 0 saturated carbocycles. The van der Waals surface area contributed by atoms with Crippen LogP contribution in [0.15, 0.2) is 23.1 Å². The molecule has 2 aliphatic heterocycles. The second-order valence-corrected chi connectivity index (χ2v) is 8.39. The highest BCUT2D eigenvalue weighted by Gasteiger charge is 2.33. The first kappa shape index (κ1) is 17.0. The zero-order valence-electron chi connectivity index (χ0n) is 12.8. The van der Waals surface area contributed by atoms with Crippen LogP contribution in [0.5, 0.6) is 5.75 Å². The number of hydrogen-bond acceptors (Lipinski definition) is 5. The maximum absolute atomic E-state index is 12.9. The Bertz CT molecular complexity index is 661. The highest BCUT2D eigenvalue weighted by Crippen LogP contribution is 2.32. The minimum Gasteiger partial charge on any atom is -0.492 e. The molecule has 0 spiro atoms. The van der Waals surface area contributed by atoms with Gasteiger partial charge in [0.15, 0.2) is 0 Å². The highest BCUT2D eigenvalue weighted by atomic mass is 35.5. The summed E-state index contributed by atoms with van der Waals surface area (Å²) in [5.41, 5.74) is 5.83. The normalized spacial score (nSPS) is 25.8. The minimum absolute atomic E-state index is 0.109. The summed E-state index contributed by atoms with van der Waals surface area (Å²) in [7, 11) is -3.66. The fourth-order valence-corrected chi connectivity index (χ4v) is 4.74. The zero-order chi connectivity index (χ0) is 16.4. The van der Waals surface area contributed by atoms with Gasteiger partial charge in [0.25, 0.3) is 0 Å². The fraction of sp³-hybridized carbons (Fsp3) is 0.600. The monoisotopic (exact) mass is 360 g/mol. The summed E-state index contributed by atoms with van der Waals surface area (Å²) in [5, 5.41) is 0.364. The summed E-state index contributed by atoms with van der Waals surface area (Å²) in [6, 6.07) is 4.57. The van der Waals surface area contributed by atoms with E-state index < -0.39 is 10.0 Å². The van der Waals surface area contributed by atoms with Crippen LogP contribution in [0.2, 0.25) is 5.02 Å². The van der Waals surface area contributed by atoms with E-state index in [0.717, 1.165) is 13.0 Å². The smallest absolute Gasteiger partial charge is 0.246 e. The number of sulfonamides is 1. The maximum Gasteiger partial charge on any atom is 0.246 e. The lowest BCUT2D eigenvalue weighted by Gasteiger charge is -2.19. The number of benzene rings is 1. The number of halogens is 1. The van der Waals surface area contributed by atoms with Crippen molar-refractivity contribution in [3.05, 3.63) is 23.2 Å². The summed E-state index contributed by atoms with van der Waals surface area (Å²) in [6.45, 7) is 2.56. The first-order chi connectivity index (χ1) is 11.0. The van der Waals surface area contributed by atoms with Crippen molar-refractivity contribution >= 4 is 21.6 Å². The molecule has 0 bridgehead atoms. The van der Waals surface area contributed by atoms with Crippen molar-refractivity contribution in [2.75, 3.05) is 32.9 Å². The van der Waals surface area contributed by atoms with E-state index in [4.69, 9.17) is 26.8 Å². The molecule has 3 rings (SSSR count). The van der Waals surface area contributed by atoms with Gasteiger partial charge in [-0.2, -0.15) is 4.31 Å². The molecule has 2 fully saturated rings. The average molecular weight is 361 g/mol. The number of nitrogens with zero attached hydrogens (tertiary/aromatic N) is 1. The molecule has 128 valence electrons. The van der Waals surface area contributed by atoms with Gasteiger partial charge in [0.1, 0.15) is 10.6 Å². The molecule has 8 heteroatoms. The van der Waals surface area contributed by atoms with Crippen molar-refractivity contribution in [3.8, 4) is 5.75 Å². The van der Waals surface area contributed by atoms with Crippen LogP contribution in [0.4, 0.5) is 0 Å². The third-order valence-electron chi connectivity index (χ3n) is 4.21. The van der Waals surface area contributed by atoms with Crippen LogP contribution in [-0.2, 0) is 14.8 Å². The Balaban J connectivity index is 1.83. The first-order valence-electron chi connectivity index (χ1n) is 7.72. The predicted molar refractivity (Wildman–Crippen MR) is 87.2 cm³/mol. The average Bonchev–Trinajstić information content (AvgIpc) is 3.17. The number of hydrogen-bond donors (Lipinski definition) is 1. The molecular weight excluding hydrogens is 340 g/mol. The van der Waals surface area contributed by atoms with Crippen molar-refractivity contribution in [3.63, 3.8) is 0 Å². The number of ether oxygens (including phenoxy) is 2. The van der Waals surface area contributed by atoms with Gasteiger partial charge in [0.2, 0.25) is 10.0 Å². The molecule has 2 atom stereocenters. The Labute approximate surface area is 141 Å². The van der Waals surface area contributed by atoms with Gasteiger partial charge in [0.05, 0.1) is 13.2 Å². The van der Waals surface area contributed by atoms with E-state index in [-0.39, 0.29) is 10.9 Å². The van der Waals surface area contributed by atoms with Gasteiger partial charge in [-0.05, 0) is 31.0 Å². The SMILES string of the molecule is N[C@@H]1CCN(S(=O)(=O)c2cc(Cl)ccc2OCC2CCOC2)C1. The van der Waals surface area contributed by atoms with Crippen LogP contribution in [0.3, 0.4) is 0 Å². The van der Waals surface area contributed by atoms with E-state index in [1.165, 1.54) is 10.4 Å². The van der Waals surface area contributed by atoms with Gasteiger partial charge >= 0.3 is 0 Å². The van der Waals surface area contributed by atoms with E-state index >= 15 is 0 Å². The van der Waals surface area contributed by atoms with E-state index in [0.29, 0.717) is 49.4 Å². The topological polar surface area (TPSA) is 81.9 Å².